The summed E-state index contributed by atoms with van der Waals surface area (Å²) in [5.41, 5.74) is 2.54. The van der Waals surface area contributed by atoms with Crippen LogP contribution in [0.4, 0.5) is 5.69 Å². The fraction of sp³-hybridized carbons (Fsp3) is 0.438. The summed E-state index contributed by atoms with van der Waals surface area (Å²) in [6.07, 6.45) is 5.64. The average Bonchev–Trinajstić information content (AvgIpc) is 2.77. The minimum atomic E-state index is 0.419. The predicted octanol–water partition coefficient (Wildman–Crippen LogP) is 3.13. The van der Waals surface area contributed by atoms with Crippen LogP contribution < -0.4 is 4.90 Å². The summed E-state index contributed by atoms with van der Waals surface area (Å²) in [5, 5.41) is 1.30. The molecule has 3 nitrogen and oxygen atoms in total. The maximum Gasteiger partial charge on any atom is 0.133 e. The molecule has 0 amide bonds. The highest BCUT2D eigenvalue weighted by Gasteiger charge is 2.24. The van der Waals surface area contributed by atoms with Crippen molar-refractivity contribution in [1.82, 2.24) is 4.57 Å². The molecular weight excluding hydrogens is 236 g/mol. The van der Waals surface area contributed by atoms with Crippen LogP contribution in [-0.4, -0.2) is 23.4 Å². The third-order valence-corrected chi connectivity index (χ3v) is 4.32. The second-order valence-corrected chi connectivity index (χ2v) is 5.52. The lowest BCUT2D eigenvalue weighted by atomic mass is 9.93. The number of fused-ring (bicyclic) bond motifs is 1. The molecule has 0 N–H and O–H groups in total. The number of hydrogen-bond donors (Lipinski definition) is 0. The average molecular weight is 256 g/mol. The smallest absolute Gasteiger partial charge is 0.133 e. The molecule has 1 aliphatic carbocycles. The Morgan fingerprint density at radius 2 is 1.89 bits per heavy atom. The van der Waals surface area contributed by atoms with Crippen LogP contribution in [0.15, 0.2) is 30.5 Å². The molecular formula is C16H20N2O. The van der Waals surface area contributed by atoms with Crippen molar-refractivity contribution in [1.29, 1.82) is 0 Å². The van der Waals surface area contributed by atoms with Gasteiger partial charge in [-0.05, 0) is 18.9 Å². The normalized spacial score (nSPS) is 17.1. The number of aryl methyl sites for hydroxylation is 1. The molecule has 0 saturated heterocycles. The van der Waals surface area contributed by atoms with E-state index in [9.17, 15) is 4.79 Å². The Bertz CT molecular complexity index is 604. The predicted molar refractivity (Wildman–Crippen MR) is 78.6 cm³/mol. The first kappa shape index (κ1) is 12.3. The van der Waals surface area contributed by atoms with E-state index in [0.29, 0.717) is 11.8 Å². The number of anilines is 1. The van der Waals surface area contributed by atoms with Crippen molar-refractivity contribution in [3.05, 3.63) is 30.5 Å². The monoisotopic (exact) mass is 256 g/mol. The van der Waals surface area contributed by atoms with E-state index in [1.165, 1.54) is 16.6 Å². The highest BCUT2D eigenvalue weighted by molar-refractivity contribution is 5.93. The van der Waals surface area contributed by atoms with E-state index in [4.69, 9.17) is 0 Å². The Kier molecular flexibility index (Phi) is 3.05. The van der Waals surface area contributed by atoms with Gasteiger partial charge in [0, 0.05) is 50.1 Å². The van der Waals surface area contributed by atoms with E-state index in [-0.39, 0.29) is 0 Å². The molecule has 3 rings (SSSR count). The molecule has 0 radical (unpaired) electrons. The van der Waals surface area contributed by atoms with Crippen LogP contribution in [0.1, 0.15) is 25.7 Å². The summed E-state index contributed by atoms with van der Waals surface area (Å²) in [6.45, 7) is 0. The number of Topliss-reactive ketones (excluding diaryl/α,β-unsaturated/α-hetero) is 1. The SMILES string of the molecule is CN(c1cn(C)c2ccccc12)C1CCC(=O)CC1. The van der Waals surface area contributed by atoms with E-state index in [1.807, 2.05) is 0 Å². The second kappa shape index (κ2) is 4.72. The minimum Gasteiger partial charge on any atom is -0.370 e. The lowest BCUT2D eigenvalue weighted by molar-refractivity contribution is -0.120. The van der Waals surface area contributed by atoms with Crippen LogP contribution in [0.3, 0.4) is 0 Å². The lowest BCUT2D eigenvalue weighted by Crippen LogP contribution is -2.35. The van der Waals surface area contributed by atoms with Gasteiger partial charge in [0.1, 0.15) is 5.78 Å². The van der Waals surface area contributed by atoms with E-state index < -0.39 is 0 Å². The van der Waals surface area contributed by atoms with Gasteiger partial charge in [-0.25, -0.2) is 0 Å². The number of carbonyl (C=O) groups is 1. The number of rotatable bonds is 2. The van der Waals surface area contributed by atoms with Crippen molar-refractivity contribution in [3.8, 4) is 0 Å². The largest absolute Gasteiger partial charge is 0.370 e. The minimum absolute atomic E-state index is 0.419. The summed E-state index contributed by atoms with van der Waals surface area (Å²) in [6, 6.07) is 8.98. The number of hydrogen-bond acceptors (Lipinski definition) is 2. The van der Waals surface area contributed by atoms with Gasteiger partial charge in [-0.15, -0.1) is 0 Å². The molecule has 0 spiro atoms. The van der Waals surface area contributed by atoms with E-state index >= 15 is 0 Å². The Labute approximate surface area is 113 Å². The zero-order valence-electron chi connectivity index (χ0n) is 11.6. The molecule has 1 aromatic heterocycles. The second-order valence-electron chi connectivity index (χ2n) is 5.52. The third kappa shape index (κ3) is 2.14. The summed E-state index contributed by atoms with van der Waals surface area (Å²) < 4.78 is 2.18. The van der Waals surface area contributed by atoms with Gasteiger partial charge in [0.15, 0.2) is 0 Å². The fourth-order valence-electron chi connectivity index (χ4n) is 3.11. The molecule has 0 unspecified atom stereocenters. The van der Waals surface area contributed by atoms with Crippen molar-refractivity contribution in [2.24, 2.45) is 7.05 Å². The van der Waals surface area contributed by atoms with Crippen LogP contribution in [0.5, 0.6) is 0 Å². The van der Waals surface area contributed by atoms with Crippen molar-refractivity contribution in [2.75, 3.05) is 11.9 Å². The van der Waals surface area contributed by atoms with E-state index in [2.05, 4.69) is 54.0 Å². The molecule has 2 aromatic rings. The van der Waals surface area contributed by atoms with Crippen molar-refractivity contribution in [3.63, 3.8) is 0 Å². The summed E-state index contributed by atoms with van der Waals surface area (Å²) >= 11 is 0. The molecule has 3 heteroatoms. The number of para-hydroxylation sites is 1. The van der Waals surface area contributed by atoms with Gasteiger partial charge in [-0.2, -0.15) is 0 Å². The van der Waals surface area contributed by atoms with Crippen LogP contribution in [0, 0.1) is 0 Å². The van der Waals surface area contributed by atoms with Gasteiger partial charge in [0.2, 0.25) is 0 Å². The standard InChI is InChI=1S/C16H20N2O/c1-17-11-16(14-5-3-4-6-15(14)17)18(2)12-7-9-13(19)10-8-12/h3-6,11-12H,7-10H2,1-2H3. The molecule has 19 heavy (non-hydrogen) atoms. The number of carbonyl (C=O) groups excluding carboxylic acids is 1. The van der Waals surface area contributed by atoms with E-state index in [1.54, 1.807) is 0 Å². The van der Waals surface area contributed by atoms with Gasteiger partial charge >= 0.3 is 0 Å². The highest BCUT2D eigenvalue weighted by atomic mass is 16.1. The topological polar surface area (TPSA) is 25.2 Å². The molecule has 0 bridgehead atoms. The van der Waals surface area contributed by atoms with Crippen LogP contribution >= 0.6 is 0 Å². The molecule has 1 saturated carbocycles. The molecule has 100 valence electrons. The Balaban J connectivity index is 1.93. The number of nitrogens with zero attached hydrogens (tertiary/aromatic N) is 2. The van der Waals surface area contributed by atoms with Gasteiger partial charge in [0.25, 0.3) is 0 Å². The lowest BCUT2D eigenvalue weighted by Gasteiger charge is -2.32. The first-order valence-electron chi connectivity index (χ1n) is 6.95. The van der Waals surface area contributed by atoms with Crippen molar-refractivity contribution in [2.45, 2.75) is 31.7 Å². The maximum atomic E-state index is 11.4. The third-order valence-electron chi connectivity index (χ3n) is 4.32. The number of aromatic nitrogens is 1. The summed E-state index contributed by atoms with van der Waals surface area (Å²) in [5.74, 6) is 0.419. The zero-order valence-corrected chi connectivity index (χ0v) is 11.6. The fourth-order valence-corrected chi connectivity index (χ4v) is 3.11. The van der Waals surface area contributed by atoms with Crippen LogP contribution in [-0.2, 0) is 11.8 Å². The Morgan fingerprint density at radius 3 is 2.63 bits per heavy atom. The van der Waals surface area contributed by atoms with Gasteiger partial charge < -0.3 is 9.47 Å². The molecule has 0 atom stereocenters. The molecule has 1 fully saturated rings. The highest BCUT2D eigenvalue weighted by Crippen LogP contribution is 2.31. The first-order chi connectivity index (χ1) is 9.16. The molecule has 1 aliphatic rings. The maximum absolute atomic E-state index is 11.4. The Hall–Kier alpha value is -1.77. The van der Waals surface area contributed by atoms with E-state index in [0.717, 1.165) is 25.7 Å². The molecule has 0 aliphatic heterocycles. The van der Waals surface area contributed by atoms with Gasteiger partial charge in [0.05, 0.1) is 5.69 Å². The van der Waals surface area contributed by atoms with Gasteiger partial charge in [-0.3, -0.25) is 4.79 Å². The van der Waals surface area contributed by atoms with Gasteiger partial charge in [-0.1, -0.05) is 18.2 Å². The number of ketones is 1. The first-order valence-corrected chi connectivity index (χ1v) is 6.95. The zero-order chi connectivity index (χ0) is 13.4. The molecule has 1 aromatic carbocycles. The number of benzene rings is 1. The van der Waals surface area contributed by atoms with Crippen LogP contribution in [0.25, 0.3) is 10.9 Å². The quantitative estimate of drug-likeness (QED) is 0.825. The summed E-state index contributed by atoms with van der Waals surface area (Å²) in [4.78, 5) is 13.7. The van der Waals surface area contributed by atoms with Crippen molar-refractivity contribution < 1.29 is 4.79 Å². The summed E-state index contributed by atoms with van der Waals surface area (Å²) in [7, 11) is 4.24. The van der Waals surface area contributed by atoms with Crippen molar-refractivity contribution >= 4 is 22.4 Å². The van der Waals surface area contributed by atoms with Crippen LogP contribution in [0.2, 0.25) is 0 Å². The molecule has 1 heterocycles. The Morgan fingerprint density at radius 1 is 1.21 bits per heavy atom.